The molecule has 0 aliphatic carbocycles. The number of halogens is 2. The summed E-state index contributed by atoms with van der Waals surface area (Å²) in [6.45, 7) is 0. The standard InChI is InChI=1S/C13H9Cl2NO2S/c1-18-13(17)11-7-16-12(19-11)5-3-8-2-4-9(14)6-10(8)15/h2-7H,1H3. The molecule has 0 atom stereocenters. The molecule has 0 radical (unpaired) electrons. The van der Waals surface area contributed by atoms with Gasteiger partial charge in [-0.25, -0.2) is 9.78 Å². The molecule has 0 bridgehead atoms. The van der Waals surface area contributed by atoms with Crippen LogP contribution in [0.15, 0.2) is 24.4 Å². The summed E-state index contributed by atoms with van der Waals surface area (Å²) in [4.78, 5) is 15.9. The van der Waals surface area contributed by atoms with Crippen molar-refractivity contribution in [1.82, 2.24) is 4.98 Å². The molecule has 19 heavy (non-hydrogen) atoms. The number of methoxy groups -OCH3 is 1. The van der Waals surface area contributed by atoms with E-state index in [-0.39, 0.29) is 5.97 Å². The molecule has 6 heteroatoms. The molecule has 1 heterocycles. The van der Waals surface area contributed by atoms with Crippen molar-refractivity contribution in [3.63, 3.8) is 0 Å². The van der Waals surface area contributed by atoms with Crippen LogP contribution in [0.3, 0.4) is 0 Å². The number of hydrogen-bond acceptors (Lipinski definition) is 4. The zero-order valence-corrected chi connectivity index (χ0v) is 12.2. The van der Waals surface area contributed by atoms with Crippen LogP contribution >= 0.6 is 34.5 Å². The van der Waals surface area contributed by atoms with Gasteiger partial charge in [0.15, 0.2) is 0 Å². The van der Waals surface area contributed by atoms with Gasteiger partial charge in [-0.15, -0.1) is 11.3 Å². The maximum absolute atomic E-state index is 11.3. The SMILES string of the molecule is COC(=O)c1cnc(C=Cc2ccc(Cl)cc2Cl)s1. The lowest BCUT2D eigenvalue weighted by atomic mass is 10.2. The number of nitrogens with zero attached hydrogens (tertiary/aromatic N) is 1. The molecule has 2 aromatic rings. The molecule has 1 aromatic heterocycles. The van der Waals surface area contributed by atoms with Crippen LogP contribution in [0.5, 0.6) is 0 Å². The Morgan fingerprint density at radius 2 is 2.16 bits per heavy atom. The van der Waals surface area contributed by atoms with Crippen LogP contribution in [0.1, 0.15) is 20.2 Å². The second-order valence-electron chi connectivity index (χ2n) is 3.55. The predicted molar refractivity (Wildman–Crippen MR) is 78.8 cm³/mol. The Kier molecular flexibility index (Phi) is 4.58. The molecule has 0 unspecified atom stereocenters. The van der Waals surface area contributed by atoms with E-state index in [0.29, 0.717) is 19.9 Å². The Morgan fingerprint density at radius 1 is 1.37 bits per heavy atom. The molecule has 2 rings (SSSR count). The molecule has 0 N–H and O–H groups in total. The third-order valence-electron chi connectivity index (χ3n) is 2.28. The highest BCUT2D eigenvalue weighted by Gasteiger charge is 2.08. The molecule has 0 saturated heterocycles. The van der Waals surface area contributed by atoms with Gasteiger partial charge in [0.25, 0.3) is 0 Å². The third-order valence-corrected chi connectivity index (χ3v) is 3.78. The minimum atomic E-state index is -0.387. The lowest BCUT2D eigenvalue weighted by molar-refractivity contribution is 0.0606. The first kappa shape index (κ1) is 14.1. The van der Waals surface area contributed by atoms with E-state index >= 15 is 0 Å². The second-order valence-corrected chi connectivity index (χ2v) is 5.46. The molecule has 0 aliphatic heterocycles. The van der Waals surface area contributed by atoms with Crippen LogP contribution in [0.25, 0.3) is 12.2 Å². The van der Waals surface area contributed by atoms with E-state index in [9.17, 15) is 4.79 Å². The maximum atomic E-state index is 11.3. The first-order valence-corrected chi connectivity index (χ1v) is 6.84. The van der Waals surface area contributed by atoms with Crippen molar-refractivity contribution in [3.8, 4) is 0 Å². The third kappa shape index (κ3) is 3.56. The highest BCUT2D eigenvalue weighted by Crippen LogP contribution is 2.23. The summed E-state index contributed by atoms with van der Waals surface area (Å²) in [5.74, 6) is -0.387. The highest BCUT2D eigenvalue weighted by atomic mass is 35.5. The second kappa shape index (κ2) is 6.19. The Morgan fingerprint density at radius 3 is 2.84 bits per heavy atom. The quantitative estimate of drug-likeness (QED) is 0.788. The molecule has 0 saturated carbocycles. The minimum Gasteiger partial charge on any atom is -0.465 e. The van der Waals surface area contributed by atoms with E-state index < -0.39 is 0 Å². The number of ether oxygens (including phenoxy) is 1. The molecule has 98 valence electrons. The molecule has 1 aromatic carbocycles. The fourth-order valence-electron chi connectivity index (χ4n) is 1.36. The number of carbonyl (C=O) groups is 1. The zero-order valence-electron chi connectivity index (χ0n) is 9.89. The van der Waals surface area contributed by atoms with E-state index in [1.807, 2.05) is 12.1 Å². The van der Waals surface area contributed by atoms with Crippen molar-refractivity contribution < 1.29 is 9.53 Å². The summed E-state index contributed by atoms with van der Waals surface area (Å²) in [5.41, 5.74) is 0.834. The fourth-order valence-corrected chi connectivity index (χ4v) is 2.57. The summed E-state index contributed by atoms with van der Waals surface area (Å²) in [6.07, 6.45) is 5.09. The smallest absolute Gasteiger partial charge is 0.349 e. The van der Waals surface area contributed by atoms with Crippen molar-refractivity contribution in [2.24, 2.45) is 0 Å². The van der Waals surface area contributed by atoms with Gasteiger partial charge in [-0.3, -0.25) is 0 Å². The number of hydrogen-bond donors (Lipinski definition) is 0. The Balaban J connectivity index is 2.18. The van der Waals surface area contributed by atoms with Crippen LogP contribution in [0.2, 0.25) is 10.0 Å². The lowest BCUT2D eigenvalue weighted by Gasteiger charge is -1.97. The van der Waals surface area contributed by atoms with Gasteiger partial charge < -0.3 is 4.74 Å². The van der Waals surface area contributed by atoms with Gasteiger partial charge in [-0.1, -0.05) is 35.3 Å². The largest absolute Gasteiger partial charge is 0.465 e. The average molecular weight is 314 g/mol. The fraction of sp³-hybridized carbons (Fsp3) is 0.0769. The van der Waals surface area contributed by atoms with Crippen molar-refractivity contribution >= 4 is 52.7 Å². The van der Waals surface area contributed by atoms with E-state index in [1.54, 1.807) is 18.2 Å². The van der Waals surface area contributed by atoms with Gasteiger partial charge in [0.05, 0.1) is 13.3 Å². The van der Waals surface area contributed by atoms with E-state index in [2.05, 4.69) is 9.72 Å². The number of thiazole rings is 1. The molecule has 0 spiro atoms. The monoisotopic (exact) mass is 313 g/mol. The van der Waals surface area contributed by atoms with Crippen molar-refractivity contribution in [3.05, 3.63) is 49.9 Å². The van der Waals surface area contributed by atoms with Gasteiger partial charge in [0.2, 0.25) is 0 Å². The summed E-state index contributed by atoms with van der Waals surface area (Å²) < 4.78 is 4.62. The normalized spacial score (nSPS) is 10.9. The van der Waals surface area contributed by atoms with Crippen molar-refractivity contribution in [1.29, 1.82) is 0 Å². The Labute approximate surface area is 124 Å². The molecule has 0 amide bonds. The Bertz CT molecular complexity index is 637. The zero-order chi connectivity index (χ0) is 13.8. The molecular formula is C13H9Cl2NO2S. The lowest BCUT2D eigenvalue weighted by Crippen LogP contribution is -1.96. The summed E-state index contributed by atoms with van der Waals surface area (Å²) in [6, 6.07) is 5.25. The number of carbonyl (C=O) groups excluding carboxylic acids is 1. The molecule has 0 aliphatic rings. The molecule has 3 nitrogen and oxygen atoms in total. The van der Waals surface area contributed by atoms with Gasteiger partial charge >= 0.3 is 5.97 Å². The number of benzene rings is 1. The van der Waals surface area contributed by atoms with Gasteiger partial charge in [-0.2, -0.15) is 0 Å². The van der Waals surface area contributed by atoms with E-state index in [0.717, 1.165) is 5.56 Å². The Hall–Kier alpha value is -1.36. The number of rotatable bonds is 3. The van der Waals surface area contributed by atoms with Crippen LogP contribution in [-0.4, -0.2) is 18.1 Å². The number of esters is 1. The molecular weight excluding hydrogens is 305 g/mol. The highest BCUT2D eigenvalue weighted by molar-refractivity contribution is 7.14. The first-order valence-electron chi connectivity index (χ1n) is 5.27. The summed E-state index contributed by atoms with van der Waals surface area (Å²) in [7, 11) is 1.34. The summed E-state index contributed by atoms with van der Waals surface area (Å²) in [5, 5.41) is 1.85. The first-order chi connectivity index (χ1) is 9.10. The van der Waals surface area contributed by atoms with Crippen LogP contribution in [-0.2, 0) is 4.74 Å². The van der Waals surface area contributed by atoms with Crippen LogP contribution in [0, 0.1) is 0 Å². The van der Waals surface area contributed by atoms with E-state index in [4.69, 9.17) is 23.2 Å². The maximum Gasteiger partial charge on any atom is 0.349 e. The number of aromatic nitrogens is 1. The van der Waals surface area contributed by atoms with Gasteiger partial charge in [0.1, 0.15) is 9.88 Å². The topological polar surface area (TPSA) is 39.2 Å². The van der Waals surface area contributed by atoms with Gasteiger partial charge in [0, 0.05) is 10.0 Å². The van der Waals surface area contributed by atoms with Crippen LogP contribution in [0.4, 0.5) is 0 Å². The minimum absolute atomic E-state index is 0.387. The van der Waals surface area contributed by atoms with Crippen molar-refractivity contribution in [2.45, 2.75) is 0 Å². The summed E-state index contributed by atoms with van der Waals surface area (Å²) >= 11 is 13.1. The van der Waals surface area contributed by atoms with Crippen molar-refractivity contribution in [2.75, 3.05) is 7.11 Å². The predicted octanol–water partition coefficient (Wildman–Crippen LogP) is 4.41. The molecule has 0 fully saturated rings. The van der Waals surface area contributed by atoms with E-state index in [1.165, 1.54) is 24.6 Å². The van der Waals surface area contributed by atoms with Gasteiger partial charge in [-0.05, 0) is 23.8 Å². The average Bonchev–Trinajstić information content (AvgIpc) is 2.85. The van der Waals surface area contributed by atoms with Crippen LogP contribution < -0.4 is 0 Å².